The molecule has 1 aliphatic rings. The number of nitrogens with one attached hydrogen (secondary N) is 1. The first-order chi connectivity index (χ1) is 9.13. The van der Waals surface area contributed by atoms with Gasteiger partial charge in [0, 0.05) is 11.6 Å². The second kappa shape index (κ2) is 6.06. The minimum absolute atomic E-state index is 0.0727. The average Bonchev–Trinajstić information content (AvgIpc) is 2.45. The Kier molecular flexibility index (Phi) is 4.43. The lowest BCUT2D eigenvalue weighted by Crippen LogP contribution is -2.42. The summed E-state index contributed by atoms with van der Waals surface area (Å²) in [4.78, 5) is 12.4. The van der Waals surface area contributed by atoms with Crippen LogP contribution in [0.1, 0.15) is 31.7 Å². The number of amides is 1. The molecule has 0 saturated heterocycles. The van der Waals surface area contributed by atoms with Crippen LogP contribution in [-0.2, 0) is 4.79 Å². The highest BCUT2D eigenvalue weighted by atomic mass is 16.5. The number of carbonyl (C=O) groups excluding carboxylic acids is 1. The van der Waals surface area contributed by atoms with Crippen molar-refractivity contribution in [3.63, 3.8) is 0 Å². The van der Waals surface area contributed by atoms with Gasteiger partial charge in [0.05, 0.1) is 12.5 Å². The summed E-state index contributed by atoms with van der Waals surface area (Å²) in [5.41, 5.74) is 6.62. The lowest BCUT2D eigenvalue weighted by atomic mass is 9.91. The number of hydrogen-bond acceptors (Lipinski definition) is 3. The zero-order valence-corrected chi connectivity index (χ0v) is 11.6. The van der Waals surface area contributed by atoms with Crippen LogP contribution >= 0.6 is 0 Å². The molecule has 1 aromatic rings. The number of hydrogen-bond donors (Lipinski definition) is 2. The van der Waals surface area contributed by atoms with Crippen LogP contribution in [0.25, 0.3) is 0 Å². The molecular weight excluding hydrogens is 240 g/mol. The van der Waals surface area contributed by atoms with Crippen LogP contribution in [0, 0.1) is 5.92 Å². The summed E-state index contributed by atoms with van der Waals surface area (Å²) >= 11 is 0. The largest absolute Gasteiger partial charge is 0.493 e. The minimum atomic E-state index is -0.114. The summed E-state index contributed by atoms with van der Waals surface area (Å²) < 4.78 is 5.58. The first-order valence-corrected chi connectivity index (χ1v) is 6.85. The molecule has 0 spiro atoms. The van der Waals surface area contributed by atoms with Crippen molar-refractivity contribution in [1.82, 2.24) is 5.32 Å². The molecule has 4 nitrogen and oxygen atoms in total. The van der Waals surface area contributed by atoms with Crippen molar-refractivity contribution in [2.24, 2.45) is 11.7 Å². The molecule has 2 rings (SSSR count). The van der Waals surface area contributed by atoms with Gasteiger partial charge < -0.3 is 15.8 Å². The van der Waals surface area contributed by atoms with Crippen LogP contribution < -0.4 is 15.8 Å². The summed E-state index contributed by atoms with van der Waals surface area (Å²) in [6.07, 6.45) is 0.729. The van der Waals surface area contributed by atoms with E-state index in [-0.39, 0.29) is 23.8 Å². The third-order valence-electron chi connectivity index (χ3n) is 3.87. The molecule has 104 valence electrons. The first kappa shape index (κ1) is 13.9. The van der Waals surface area contributed by atoms with E-state index in [2.05, 4.69) is 5.32 Å². The molecule has 1 heterocycles. The van der Waals surface area contributed by atoms with E-state index in [9.17, 15) is 4.79 Å². The van der Waals surface area contributed by atoms with E-state index in [0.717, 1.165) is 17.7 Å². The molecule has 0 fully saturated rings. The topological polar surface area (TPSA) is 64.3 Å². The molecule has 3 atom stereocenters. The average molecular weight is 262 g/mol. The highest BCUT2D eigenvalue weighted by molar-refractivity contribution is 5.85. The van der Waals surface area contributed by atoms with Gasteiger partial charge in [-0.1, -0.05) is 25.1 Å². The fourth-order valence-electron chi connectivity index (χ4n) is 2.29. The quantitative estimate of drug-likeness (QED) is 0.867. The third kappa shape index (κ3) is 3.07. The zero-order chi connectivity index (χ0) is 13.8. The van der Waals surface area contributed by atoms with Gasteiger partial charge in [0.15, 0.2) is 0 Å². The summed E-state index contributed by atoms with van der Waals surface area (Å²) in [7, 11) is 0. The van der Waals surface area contributed by atoms with Crippen molar-refractivity contribution in [3.05, 3.63) is 29.8 Å². The van der Waals surface area contributed by atoms with Gasteiger partial charge in [-0.3, -0.25) is 4.79 Å². The van der Waals surface area contributed by atoms with Crippen molar-refractivity contribution >= 4 is 5.91 Å². The molecule has 3 unspecified atom stereocenters. The molecule has 4 heteroatoms. The van der Waals surface area contributed by atoms with Crippen LogP contribution in [0.15, 0.2) is 24.3 Å². The lowest BCUT2D eigenvalue weighted by Gasteiger charge is -2.27. The van der Waals surface area contributed by atoms with Crippen molar-refractivity contribution in [1.29, 1.82) is 0 Å². The Balaban J connectivity index is 2.09. The molecule has 1 aliphatic heterocycles. The van der Waals surface area contributed by atoms with Gasteiger partial charge in [0.25, 0.3) is 0 Å². The van der Waals surface area contributed by atoms with Crippen LogP contribution in [0.4, 0.5) is 0 Å². The summed E-state index contributed by atoms with van der Waals surface area (Å²) in [5, 5.41) is 3.07. The van der Waals surface area contributed by atoms with E-state index >= 15 is 0 Å². The van der Waals surface area contributed by atoms with Crippen LogP contribution in [-0.4, -0.2) is 25.1 Å². The van der Waals surface area contributed by atoms with Crippen LogP contribution in [0.5, 0.6) is 5.75 Å². The van der Waals surface area contributed by atoms with Gasteiger partial charge in [0.2, 0.25) is 5.91 Å². The summed E-state index contributed by atoms with van der Waals surface area (Å²) in [5.74, 6) is 1.06. The number of carbonyl (C=O) groups is 1. The number of nitrogens with two attached hydrogens (primary N) is 1. The maximum atomic E-state index is 12.4. The fraction of sp³-hybridized carbons (Fsp3) is 0.533. The predicted molar refractivity (Wildman–Crippen MR) is 75.1 cm³/mol. The number of benzene rings is 1. The maximum absolute atomic E-state index is 12.4. The molecule has 0 saturated carbocycles. The Morgan fingerprint density at radius 3 is 2.95 bits per heavy atom. The monoisotopic (exact) mass is 262 g/mol. The van der Waals surface area contributed by atoms with Crippen LogP contribution in [0.2, 0.25) is 0 Å². The molecule has 19 heavy (non-hydrogen) atoms. The highest BCUT2D eigenvalue weighted by Gasteiger charge is 2.28. The van der Waals surface area contributed by atoms with E-state index < -0.39 is 0 Å². The van der Waals surface area contributed by atoms with Gasteiger partial charge in [-0.25, -0.2) is 0 Å². The Morgan fingerprint density at radius 2 is 2.21 bits per heavy atom. The second-order valence-corrected chi connectivity index (χ2v) is 5.24. The molecule has 0 radical (unpaired) electrons. The Morgan fingerprint density at radius 1 is 1.47 bits per heavy atom. The SMILES string of the molecule is CC(CN)C(C)NC(=O)C1CCOc2ccccc21. The van der Waals surface area contributed by atoms with Gasteiger partial charge in [-0.2, -0.15) is 0 Å². The van der Waals surface area contributed by atoms with E-state index in [1.165, 1.54) is 0 Å². The summed E-state index contributed by atoms with van der Waals surface area (Å²) in [6, 6.07) is 7.85. The number of fused-ring (bicyclic) bond motifs is 1. The smallest absolute Gasteiger partial charge is 0.228 e. The second-order valence-electron chi connectivity index (χ2n) is 5.24. The van der Waals surface area contributed by atoms with Gasteiger partial charge in [0.1, 0.15) is 5.75 Å². The Bertz CT molecular complexity index is 448. The summed E-state index contributed by atoms with van der Waals surface area (Å²) in [6.45, 7) is 5.21. The minimum Gasteiger partial charge on any atom is -0.493 e. The van der Waals surface area contributed by atoms with Crippen molar-refractivity contribution < 1.29 is 9.53 Å². The van der Waals surface area contributed by atoms with Crippen molar-refractivity contribution in [2.75, 3.05) is 13.2 Å². The van der Waals surface area contributed by atoms with E-state index in [4.69, 9.17) is 10.5 Å². The molecule has 0 bridgehead atoms. The Hall–Kier alpha value is -1.55. The van der Waals surface area contributed by atoms with Crippen molar-refractivity contribution in [2.45, 2.75) is 32.2 Å². The Labute approximate surface area is 114 Å². The predicted octanol–water partition coefficient (Wildman–Crippen LogP) is 1.65. The maximum Gasteiger partial charge on any atom is 0.228 e. The van der Waals surface area contributed by atoms with Gasteiger partial charge >= 0.3 is 0 Å². The van der Waals surface area contributed by atoms with E-state index in [0.29, 0.717) is 13.2 Å². The van der Waals surface area contributed by atoms with E-state index in [1.54, 1.807) is 0 Å². The third-order valence-corrected chi connectivity index (χ3v) is 3.87. The van der Waals surface area contributed by atoms with Gasteiger partial charge in [-0.05, 0) is 31.9 Å². The first-order valence-electron chi connectivity index (χ1n) is 6.85. The molecule has 1 amide bonds. The van der Waals surface area contributed by atoms with Crippen molar-refractivity contribution in [3.8, 4) is 5.75 Å². The number of ether oxygens (including phenoxy) is 1. The molecule has 1 aromatic carbocycles. The molecule has 3 N–H and O–H groups in total. The lowest BCUT2D eigenvalue weighted by molar-refractivity contribution is -0.124. The van der Waals surface area contributed by atoms with E-state index in [1.807, 2.05) is 38.1 Å². The fourth-order valence-corrected chi connectivity index (χ4v) is 2.29. The van der Waals surface area contributed by atoms with Gasteiger partial charge in [-0.15, -0.1) is 0 Å². The zero-order valence-electron chi connectivity index (χ0n) is 11.6. The highest BCUT2D eigenvalue weighted by Crippen LogP contribution is 2.33. The molecule has 0 aromatic heterocycles. The molecule has 0 aliphatic carbocycles. The normalized spacial score (nSPS) is 20.9. The standard InChI is InChI=1S/C15H22N2O2/c1-10(9-16)11(2)17-15(18)13-7-8-19-14-6-4-3-5-12(13)14/h3-6,10-11,13H,7-9,16H2,1-2H3,(H,17,18). The number of para-hydroxylation sites is 1. The molecular formula is C15H22N2O2. The van der Waals surface area contributed by atoms with Crippen LogP contribution in [0.3, 0.4) is 0 Å². The number of rotatable bonds is 4.